The van der Waals surface area contributed by atoms with Gasteiger partial charge in [0.15, 0.2) is 0 Å². The van der Waals surface area contributed by atoms with Crippen LogP contribution in [0.5, 0.6) is 0 Å². The second kappa shape index (κ2) is 8.11. The second-order valence-electron chi connectivity index (χ2n) is 7.77. The van der Waals surface area contributed by atoms with E-state index in [4.69, 9.17) is 4.42 Å². The minimum atomic E-state index is -0.512. The fourth-order valence-corrected chi connectivity index (χ4v) is 4.36. The van der Waals surface area contributed by atoms with Gasteiger partial charge in [0, 0.05) is 24.8 Å². The molecule has 29 heavy (non-hydrogen) atoms. The Hall–Kier alpha value is -3.09. The Morgan fingerprint density at radius 2 is 1.97 bits per heavy atom. The number of nitrogens with one attached hydrogen (secondary N) is 2. The van der Waals surface area contributed by atoms with Crippen molar-refractivity contribution in [3.63, 3.8) is 0 Å². The summed E-state index contributed by atoms with van der Waals surface area (Å²) in [6.45, 7) is 2.03. The van der Waals surface area contributed by atoms with Gasteiger partial charge in [-0.3, -0.25) is 14.4 Å². The van der Waals surface area contributed by atoms with Crippen LogP contribution in [0, 0.1) is 5.92 Å². The molecule has 2 aromatic rings. The normalized spacial score (nSPS) is 17.1. The molecule has 1 fully saturated rings. The third-order valence-corrected chi connectivity index (χ3v) is 5.77. The summed E-state index contributed by atoms with van der Waals surface area (Å²) in [5.41, 5.74) is 3.06. The van der Waals surface area contributed by atoms with Crippen molar-refractivity contribution in [3.8, 4) is 0 Å². The Morgan fingerprint density at radius 3 is 2.66 bits per heavy atom. The number of nitrogens with zero attached hydrogens (tertiary/aromatic N) is 1. The molecule has 152 valence electrons. The highest BCUT2D eigenvalue weighted by Crippen LogP contribution is 2.32. The van der Waals surface area contributed by atoms with Crippen LogP contribution in [0.3, 0.4) is 0 Å². The SMILES string of the molecule is CC(=O)NC(C(=O)Nc1ccc2c(c1)CCN2C(=O)c1ccoc1)C1CCCC1. The average Bonchev–Trinajstić information content (AvgIpc) is 3.46. The number of benzene rings is 1. The number of fused-ring (bicyclic) bond motifs is 1. The summed E-state index contributed by atoms with van der Waals surface area (Å²) < 4.78 is 5.01. The fraction of sp³-hybridized carbons (Fsp3) is 0.409. The molecule has 1 aromatic heterocycles. The van der Waals surface area contributed by atoms with E-state index < -0.39 is 6.04 Å². The van der Waals surface area contributed by atoms with Gasteiger partial charge < -0.3 is 20.0 Å². The highest BCUT2D eigenvalue weighted by atomic mass is 16.3. The van der Waals surface area contributed by atoms with E-state index >= 15 is 0 Å². The summed E-state index contributed by atoms with van der Waals surface area (Å²) in [5.74, 6) is -0.298. The maximum absolute atomic E-state index is 12.9. The number of carbonyl (C=O) groups excluding carboxylic acids is 3. The fourth-order valence-electron chi connectivity index (χ4n) is 4.36. The van der Waals surface area contributed by atoms with E-state index in [1.807, 2.05) is 12.1 Å². The molecule has 0 radical (unpaired) electrons. The Kier molecular flexibility index (Phi) is 5.38. The maximum atomic E-state index is 12.9. The minimum absolute atomic E-state index is 0.0961. The molecule has 1 aliphatic heterocycles. The van der Waals surface area contributed by atoms with Gasteiger partial charge in [0.2, 0.25) is 11.8 Å². The highest BCUT2D eigenvalue weighted by Gasteiger charge is 2.32. The largest absolute Gasteiger partial charge is 0.472 e. The molecule has 7 heteroatoms. The van der Waals surface area contributed by atoms with Gasteiger partial charge in [-0.1, -0.05) is 12.8 Å². The summed E-state index contributed by atoms with van der Waals surface area (Å²) in [6.07, 6.45) is 7.74. The minimum Gasteiger partial charge on any atom is -0.472 e. The molecule has 0 spiro atoms. The van der Waals surface area contributed by atoms with E-state index in [1.54, 1.807) is 17.0 Å². The maximum Gasteiger partial charge on any atom is 0.261 e. The number of anilines is 2. The molecular formula is C22H25N3O4. The Bertz CT molecular complexity index is 916. The number of hydrogen-bond donors (Lipinski definition) is 2. The van der Waals surface area contributed by atoms with Crippen molar-refractivity contribution in [1.82, 2.24) is 5.32 Å². The van der Waals surface area contributed by atoms with Crippen LogP contribution in [0.2, 0.25) is 0 Å². The first-order chi connectivity index (χ1) is 14.0. The third kappa shape index (κ3) is 4.04. The lowest BCUT2D eigenvalue weighted by Gasteiger charge is -2.23. The summed E-state index contributed by atoms with van der Waals surface area (Å²) in [7, 11) is 0. The molecule has 1 unspecified atom stereocenters. The van der Waals surface area contributed by atoms with Gasteiger partial charge in [0.25, 0.3) is 5.91 Å². The topological polar surface area (TPSA) is 91.7 Å². The summed E-state index contributed by atoms with van der Waals surface area (Å²) in [5, 5.41) is 5.77. The molecule has 2 N–H and O–H groups in total. The smallest absolute Gasteiger partial charge is 0.261 e. The quantitative estimate of drug-likeness (QED) is 0.814. The number of hydrogen-bond acceptors (Lipinski definition) is 4. The van der Waals surface area contributed by atoms with Crippen LogP contribution in [0.25, 0.3) is 0 Å². The molecule has 0 bridgehead atoms. The Balaban J connectivity index is 1.48. The number of carbonyl (C=O) groups is 3. The lowest BCUT2D eigenvalue weighted by molar-refractivity contribution is -0.126. The molecule has 7 nitrogen and oxygen atoms in total. The van der Waals surface area contributed by atoms with Crippen LogP contribution in [0.15, 0.2) is 41.2 Å². The van der Waals surface area contributed by atoms with Crippen LogP contribution in [0.4, 0.5) is 11.4 Å². The van der Waals surface area contributed by atoms with Crippen molar-refractivity contribution in [2.24, 2.45) is 5.92 Å². The van der Waals surface area contributed by atoms with E-state index in [0.717, 1.165) is 43.4 Å². The third-order valence-electron chi connectivity index (χ3n) is 5.77. The zero-order chi connectivity index (χ0) is 20.4. The first kappa shape index (κ1) is 19.2. The second-order valence-corrected chi connectivity index (χ2v) is 7.77. The first-order valence-electron chi connectivity index (χ1n) is 10.1. The van der Waals surface area contributed by atoms with Crippen molar-refractivity contribution >= 4 is 29.1 Å². The van der Waals surface area contributed by atoms with Gasteiger partial charge in [-0.2, -0.15) is 0 Å². The van der Waals surface area contributed by atoms with E-state index in [0.29, 0.717) is 17.8 Å². The zero-order valence-corrected chi connectivity index (χ0v) is 16.4. The molecule has 1 aliphatic carbocycles. The number of amides is 3. The molecule has 1 atom stereocenters. The Labute approximate surface area is 169 Å². The van der Waals surface area contributed by atoms with Gasteiger partial charge in [0.05, 0.1) is 11.8 Å². The number of rotatable bonds is 5. The molecule has 1 aromatic carbocycles. The molecule has 1 saturated carbocycles. The molecule has 3 amide bonds. The van der Waals surface area contributed by atoms with Crippen molar-refractivity contribution < 1.29 is 18.8 Å². The van der Waals surface area contributed by atoms with Gasteiger partial charge in [0.1, 0.15) is 12.3 Å². The van der Waals surface area contributed by atoms with E-state index in [-0.39, 0.29) is 23.6 Å². The van der Waals surface area contributed by atoms with Crippen molar-refractivity contribution in [2.75, 3.05) is 16.8 Å². The van der Waals surface area contributed by atoms with Crippen molar-refractivity contribution in [1.29, 1.82) is 0 Å². The molecule has 4 rings (SSSR count). The predicted molar refractivity (Wildman–Crippen MR) is 109 cm³/mol. The Morgan fingerprint density at radius 1 is 1.17 bits per heavy atom. The highest BCUT2D eigenvalue weighted by molar-refractivity contribution is 6.07. The monoisotopic (exact) mass is 395 g/mol. The van der Waals surface area contributed by atoms with Crippen LogP contribution in [-0.4, -0.2) is 30.3 Å². The van der Waals surface area contributed by atoms with Gasteiger partial charge in [-0.05, 0) is 55.0 Å². The van der Waals surface area contributed by atoms with Crippen molar-refractivity contribution in [2.45, 2.75) is 45.1 Å². The summed E-state index contributed by atoms with van der Waals surface area (Å²) >= 11 is 0. The standard InChI is InChI=1S/C22H25N3O4/c1-14(26)23-20(15-4-2-3-5-15)21(27)24-18-6-7-19-16(12-18)8-10-25(19)22(28)17-9-11-29-13-17/h6-7,9,11-13,15,20H,2-5,8,10H2,1H3,(H,23,26)(H,24,27). The van der Waals surface area contributed by atoms with Gasteiger partial charge in [-0.15, -0.1) is 0 Å². The molecular weight excluding hydrogens is 370 g/mol. The van der Waals surface area contributed by atoms with E-state index in [9.17, 15) is 14.4 Å². The van der Waals surface area contributed by atoms with E-state index in [2.05, 4.69) is 10.6 Å². The lowest BCUT2D eigenvalue weighted by atomic mass is 9.97. The molecule has 2 aliphatic rings. The van der Waals surface area contributed by atoms with Crippen LogP contribution in [0.1, 0.15) is 48.5 Å². The average molecular weight is 395 g/mol. The van der Waals surface area contributed by atoms with Gasteiger partial charge in [-0.25, -0.2) is 0 Å². The van der Waals surface area contributed by atoms with Crippen LogP contribution in [-0.2, 0) is 16.0 Å². The van der Waals surface area contributed by atoms with Crippen LogP contribution < -0.4 is 15.5 Å². The van der Waals surface area contributed by atoms with Gasteiger partial charge >= 0.3 is 0 Å². The summed E-state index contributed by atoms with van der Waals surface area (Å²) in [4.78, 5) is 38.8. The first-order valence-corrected chi connectivity index (χ1v) is 10.1. The number of furan rings is 1. The molecule has 0 saturated heterocycles. The van der Waals surface area contributed by atoms with Crippen LogP contribution >= 0.6 is 0 Å². The zero-order valence-electron chi connectivity index (χ0n) is 16.4. The lowest BCUT2D eigenvalue weighted by Crippen LogP contribution is -2.47. The summed E-state index contributed by atoms with van der Waals surface area (Å²) in [6, 6.07) is 6.72. The predicted octanol–water partition coefficient (Wildman–Crippen LogP) is 3.12. The molecule has 2 heterocycles. The van der Waals surface area contributed by atoms with Crippen molar-refractivity contribution in [3.05, 3.63) is 47.9 Å². The van der Waals surface area contributed by atoms with E-state index in [1.165, 1.54) is 19.5 Å².